The number of hydrogen-bond acceptors (Lipinski definition) is 3. The largest absolute Gasteiger partial charge is 0.507 e. The molecule has 4 nitrogen and oxygen atoms in total. The fourth-order valence-electron chi connectivity index (χ4n) is 7.57. The Kier molecular flexibility index (Phi) is 9.39. The summed E-state index contributed by atoms with van der Waals surface area (Å²) in [6, 6.07) is 42.5. The molecule has 8 rings (SSSR count). The number of pyridine rings is 1. The minimum absolute atomic E-state index is 0.0733. The van der Waals surface area contributed by atoms with Gasteiger partial charge in [-0.3, -0.25) is 9.55 Å². The molecule has 0 spiro atoms. The highest BCUT2D eigenvalue weighted by Crippen LogP contribution is 2.45. The highest BCUT2D eigenvalue weighted by molar-refractivity contribution is 5.98. The second-order valence-corrected chi connectivity index (χ2v) is 16.9. The quantitative estimate of drug-likeness (QED) is 0.184. The van der Waals surface area contributed by atoms with Crippen molar-refractivity contribution in [1.82, 2.24) is 14.5 Å². The fourth-order valence-corrected chi connectivity index (χ4v) is 7.57. The van der Waals surface area contributed by atoms with Gasteiger partial charge in [-0.05, 0) is 105 Å². The molecule has 0 aliphatic heterocycles. The Labute approximate surface area is 333 Å². The SMILES string of the molecule is Cc1cnc(-c2cc(-c3ccccc3)cc(-c3cccc4c3nc(-c3cc(C(C)(C)C)cc(C(C)(C)C)c3O)n4-c3ccc(F)cc3F)c2)cc1-c1ccccc1. The molecule has 6 aromatic carbocycles. The van der Waals surface area contributed by atoms with E-state index >= 15 is 4.39 Å². The van der Waals surface area contributed by atoms with Crippen LogP contribution in [-0.2, 0) is 10.8 Å². The number of aromatic nitrogens is 3. The van der Waals surface area contributed by atoms with E-state index < -0.39 is 17.0 Å². The second kappa shape index (κ2) is 14.3. The molecule has 0 aliphatic rings. The zero-order chi connectivity index (χ0) is 40.2. The van der Waals surface area contributed by atoms with Crippen LogP contribution in [0.2, 0.25) is 0 Å². The summed E-state index contributed by atoms with van der Waals surface area (Å²) in [5.41, 5.74) is 11.7. The first-order valence-electron chi connectivity index (χ1n) is 19.3. The zero-order valence-electron chi connectivity index (χ0n) is 33.3. The molecule has 0 bridgehead atoms. The average Bonchev–Trinajstić information content (AvgIpc) is 3.57. The van der Waals surface area contributed by atoms with E-state index in [0.717, 1.165) is 67.4 Å². The van der Waals surface area contributed by atoms with Gasteiger partial charge in [-0.15, -0.1) is 0 Å². The number of phenolic OH excluding ortho intramolecular Hbond substituents is 1. The van der Waals surface area contributed by atoms with E-state index in [9.17, 15) is 9.50 Å². The number of halogens is 2. The van der Waals surface area contributed by atoms with Crippen LogP contribution in [0.5, 0.6) is 5.75 Å². The van der Waals surface area contributed by atoms with Gasteiger partial charge in [0, 0.05) is 29.0 Å². The lowest BCUT2D eigenvalue weighted by Gasteiger charge is -2.27. The zero-order valence-corrected chi connectivity index (χ0v) is 33.3. The van der Waals surface area contributed by atoms with Gasteiger partial charge in [-0.2, -0.15) is 0 Å². The third-order valence-corrected chi connectivity index (χ3v) is 10.7. The fraction of sp³-hybridized carbons (Fsp3) is 0.176. The summed E-state index contributed by atoms with van der Waals surface area (Å²) in [5, 5.41) is 12.1. The molecule has 2 aromatic heterocycles. The summed E-state index contributed by atoms with van der Waals surface area (Å²) in [5.74, 6) is -0.995. The van der Waals surface area contributed by atoms with Crippen molar-refractivity contribution in [2.45, 2.75) is 59.3 Å². The second-order valence-electron chi connectivity index (χ2n) is 16.9. The topological polar surface area (TPSA) is 50.9 Å². The van der Waals surface area contributed by atoms with Crippen molar-refractivity contribution in [1.29, 1.82) is 0 Å². The number of benzene rings is 6. The molecule has 0 saturated carbocycles. The van der Waals surface area contributed by atoms with Gasteiger partial charge in [-0.25, -0.2) is 13.8 Å². The third-order valence-electron chi connectivity index (χ3n) is 10.7. The van der Waals surface area contributed by atoms with Crippen molar-refractivity contribution in [2.75, 3.05) is 0 Å². The summed E-state index contributed by atoms with van der Waals surface area (Å²) in [4.78, 5) is 10.2. The van der Waals surface area contributed by atoms with Crippen LogP contribution >= 0.6 is 0 Å². The average molecular weight is 754 g/mol. The van der Waals surface area contributed by atoms with Crippen LogP contribution < -0.4 is 0 Å². The van der Waals surface area contributed by atoms with Crippen molar-refractivity contribution in [3.05, 3.63) is 168 Å². The third kappa shape index (κ3) is 7.12. The molecule has 284 valence electrons. The van der Waals surface area contributed by atoms with Crippen LogP contribution in [0.3, 0.4) is 0 Å². The monoisotopic (exact) mass is 753 g/mol. The molecule has 6 heteroatoms. The first kappa shape index (κ1) is 37.5. The van der Waals surface area contributed by atoms with Crippen molar-refractivity contribution >= 4 is 11.0 Å². The Morgan fingerprint density at radius 3 is 1.91 bits per heavy atom. The van der Waals surface area contributed by atoms with Gasteiger partial charge in [0.2, 0.25) is 0 Å². The van der Waals surface area contributed by atoms with Gasteiger partial charge < -0.3 is 5.11 Å². The molecule has 2 heterocycles. The molecular weight excluding hydrogens is 709 g/mol. The lowest BCUT2D eigenvalue weighted by Crippen LogP contribution is -2.17. The predicted octanol–water partition coefficient (Wildman–Crippen LogP) is 13.6. The minimum Gasteiger partial charge on any atom is -0.507 e. The van der Waals surface area contributed by atoms with Gasteiger partial charge in [-0.1, -0.05) is 120 Å². The number of fused-ring (bicyclic) bond motifs is 1. The van der Waals surface area contributed by atoms with E-state index in [0.29, 0.717) is 22.4 Å². The molecule has 8 aromatic rings. The van der Waals surface area contributed by atoms with Crippen LogP contribution in [0.25, 0.3) is 72.7 Å². The molecule has 0 aliphatic carbocycles. The van der Waals surface area contributed by atoms with E-state index in [-0.39, 0.29) is 16.9 Å². The van der Waals surface area contributed by atoms with Crippen molar-refractivity contribution in [3.63, 3.8) is 0 Å². The number of imidazole rings is 1. The van der Waals surface area contributed by atoms with Crippen molar-refractivity contribution in [2.24, 2.45) is 0 Å². The molecule has 1 N–H and O–H groups in total. The van der Waals surface area contributed by atoms with Crippen LogP contribution in [0, 0.1) is 18.6 Å². The van der Waals surface area contributed by atoms with Gasteiger partial charge in [0.05, 0.1) is 28.0 Å². The number of aromatic hydroxyl groups is 1. The minimum atomic E-state index is -0.739. The Hall–Kier alpha value is -6.40. The summed E-state index contributed by atoms with van der Waals surface area (Å²) in [6.45, 7) is 14.6. The Balaban J connectivity index is 1.43. The molecular formula is C51H45F2N3O. The number of rotatable bonds is 6. The van der Waals surface area contributed by atoms with Gasteiger partial charge >= 0.3 is 0 Å². The van der Waals surface area contributed by atoms with E-state index in [1.54, 1.807) is 4.57 Å². The molecule has 0 unspecified atom stereocenters. The summed E-state index contributed by atoms with van der Waals surface area (Å²) in [7, 11) is 0. The normalized spacial score (nSPS) is 12.0. The number of aryl methyl sites for hydroxylation is 1. The number of para-hydroxylation sites is 1. The van der Waals surface area contributed by atoms with Crippen LogP contribution in [-0.4, -0.2) is 19.6 Å². The van der Waals surface area contributed by atoms with E-state index in [1.807, 2.05) is 66.9 Å². The van der Waals surface area contributed by atoms with Crippen LogP contribution in [0.15, 0.2) is 140 Å². The van der Waals surface area contributed by atoms with E-state index in [4.69, 9.17) is 9.97 Å². The maximum atomic E-state index is 16.0. The van der Waals surface area contributed by atoms with Crippen molar-refractivity contribution < 1.29 is 13.9 Å². The Bertz CT molecular complexity index is 2790. The number of phenols is 1. The number of hydrogen-bond donors (Lipinski definition) is 1. The molecule has 57 heavy (non-hydrogen) atoms. The lowest BCUT2D eigenvalue weighted by molar-refractivity contribution is 0.446. The highest BCUT2D eigenvalue weighted by atomic mass is 19.1. The smallest absolute Gasteiger partial charge is 0.150 e. The molecule has 0 fully saturated rings. The molecule has 0 radical (unpaired) electrons. The van der Waals surface area contributed by atoms with Crippen LogP contribution in [0.4, 0.5) is 8.78 Å². The molecule has 0 amide bonds. The maximum Gasteiger partial charge on any atom is 0.150 e. The first-order valence-corrected chi connectivity index (χ1v) is 19.3. The van der Waals surface area contributed by atoms with Gasteiger partial charge in [0.25, 0.3) is 0 Å². The lowest BCUT2D eigenvalue weighted by atomic mass is 9.79. The van der Waals surface area contributed by atoms with Crippen LogP contribution in [0.1, 0.15) is 58.2 Å². The maximum absolute atomic E-state index is 16.0. The summed E-state index contributed by atoms with van der Waals surface area (Å²) < 4.78 is 32.1. The first-order chi connectivity index (χ1) is 27.2. The van der Waals surface area contributed by atoms with E-state index in [1.165, 1.54) is 12.1 Å². The predicted molar refractivity (Wildman–Crippen MR) is 230 cm³/mol. The Morgan fingerprint density at radius 2 is 1.25 bits per heavy atom. The highest BCUT2D eigenvalue weighted by Gasteiger charge is 2.29. The summed E-state index contributed by atoms with van der Waals surface area (Å²) in [6.07, 6.45) is 1.92. The standard InChI is InChI=1S/C51H45F2N3O/c1-31-30-54-44(29-40(31)33-17-12-9-13-18-33)36-24-34(32-15-10-8-11-16-32)23-35(25-36)39-19-14-20-46-47(39)55-49(56(46)45-22-21-38(52)28-43(45)53)41-26-37(50(2,3)4)27-42(48(41)57)51(5,6)7/h8-30,57H,1-7H3. The number of nitrogens with zero attached hydrogens (tertiary/aromatic N) is 3. The van der Waals surface area contributed by atoms with Gasteiger partial charge in [0.1, 0.15) is 23.2 Å². The van der Waals surface area contributed by atoms with Gasteiger partial charge in [0.15, 0.2) is 0 Å². The van der Waals surface area contributed by atoms with E-state index in [2.05, 4.69) is 103 Å². The molecule has 0 atom stereocenters. The Morgan fingerprint density at radius 1 is 0.579 bits per heavy atom. The summed E-state index contributed by atoms with van der Waals surface area (Å²) >= 11 is 0. The van der Waals surface area contributed by atoms with Crippen molar-refractivity contribution in [3.8, 4) is 67.5 Å². The molecule has 0 saturated heterocycles.